The second-order valence-corrected chi connectivity index (χ2v) is 12.0. The Morgan fingerprint density at radius 3 is 2.27 bits per heavy atom. The third-order valence-electron chi connectivity index (χ3n) is 8.25. The SMILES string of the molecule is C=C(c1nc(C(=C)N2C(C)CCC2CC)c(-c2ccc(C(C)(C(F)(F)F)C(F)(F)F)c(O)c2Cl)s1)N1CCNCC1. The first-order chi connectivity index (χ1) is 19.0. The molecule has 3 heterocycles. The van der Waals surface area contributed by atoms with Gasteiger partial charge in [0.05, 0.1) is 21.3 Å². The first-order valence-electron chi connectivity index (χ1n) is 13.3. The van der Waals surface area contributed by atoms with Gasteiger partial charge in [0.15, 0.2) is 5.41 Å². The average molecular weight is 623 g/mol. The molecule has 41 heavy (non-hydrogen) atoms. The van der Waals surface area contributed by atoms with Gasteiger partial charge in [0.25, 0.3) is 0 Å². The minimum atomic E-state index is -5.74. The van der Waals surface area contributed by atoms with E-state index in [1.54, 1.807) is 0 Å². The van der Waals surface area contributed by atoms with Crippen molar-refractivity contribution in [1.29, 1.82) is 0 Å². The van der Waals surface area contributed by atoms with Gasteiger partial charge in [-0.15, -0.1) is 11.3 Å². The molecule has 0 aliphatic carbocycles. The van der Waals surface area contributed by atoms with Crippen LogP contribution in [0.4, 0.5) is 26.3 Å². The van der Waals surface area contributed by atoms with Crippen LogP contribution in [0, 0.1) is 0 Å². The second kappa shape index (κ2) is 11.3. The molecule has 2 atom stereocenters. The summed E-state index contributed by atoms with van der Waals surface area (Å²) in [6, 6.07) is 2.06. The number of nitrogens with one attached hydrogen (secondary N) is 1. The number of likely N-dealkylation sites (tertiary alicyclic amines) is 1. The van der Waals surface area contributed by atoms with Gasteiger partial charge < -0.3 is 20.2 Å². The van der Waals surface area contributed by atoms with E-state index in [0.29, 0.717) is 46.1 Å². The number of aromatic nitrogens is 1. The summed E-state index contributed by atoms with van der Waals surface area (Å²) in [5.74, 6) is -1.28. The average Bonchev–Trinajstić information content (AvgIpc) is 3.52. The maximum atomic E-state index is 13.8. The molecule has 4 rings (SSSR count). The van der Waals surface area contributed by atoms with Crippen LogP contribution in [0.1, 0.15) is 56.3 Å². The quantitative estimate of drug-likeness (QED) is 0.311. The fourth-order valence-electron chi connectivity index (χ4n) is 5.58. The Labute approximate surface area is 244 Å². The van der Waals surface area contributed by atoms with Crippen molar-refractivity contribution in [3.63, 3.8) is 0 Å². The number of aromatic hydroxyl groups is 1. The van der Waals surface area contributed by atoms with Crippen LogP contribution in [0.25, 0.3) is 21.8 Å². The molecule has 2 N–H and O–H groups in total. The number of nitrogens with zero attached hydrogens (tertiary/aromatic N) is 3. The Bertz CT molecular complexity index is 1300. The molecule has 2 aliphatic heterocycles. The van der Waals surface area contributed by atoms with Crippen molar-refractivity contribution < 1.29 is 31.4 Å². The summed E-state index contributed by atoms with van der Waals surface area (Å²) >= 11 is 7.57. The molecule has 1 aromatic carbocycles. The number of rotatable bonds is 7. The lowest BCUT2D eigenvalue weighted by atomic mass is 9.79. The van der Waals surface area contributed by atoms with Gasteiger partial charge in [-0.3, -0.25) is 0 Å². The summed E-state index contributed by atoms with van der Waals surface area (Å²) in [5.41, 5.74) is -4.04. The van der Waals surface area contributed by atoms with Crippen LogP contribution >= 0.6 is 22.9 Å². The van der Waals surface area contributed by atoms with E-state index in [9.17, 15) is 31.4 Å². The standard InChI is InChI=1S/C28H33ClF6N4OS/c1-6-18-8-7-15(2)39(18)16(3)22-24(41-25(37-22)17(4)38-13-11-36-12-14-38)19-9-10-20(23(40)21(19)29)26(5,27(30,31)32)28(33,34)35/h9-10,15,18,36,40H,3-4,6-8,11-14H2,1-2,5H3. The maximum Gasteiger partial charge on any atom is 0.407 e. The van der Waals surface area contributed by atoms with Gasteiger partial charge in [-0.1, -0.05) is 43.8 Å². The minimum absolute atomic E-state index is 0.00670. The van der Waals surface area contributed by atoms with Crippen molar-refractivity contribution in [2.45, 2.75) is 69.9 Å². The smallest absolute Gasteiger partial charge is 0.407 e. The summed E-state index contributed by atoms with van der Waals surface area (Å²) in [4.78, 5) is 9.43. The summed E-state index contributed by atoms with van der Waals surface area (Å²) in [5, 5.41) is 13.9. The first-order valence-corrected chi connectivity index (χ1v) is 14.5. The predicted octanol–water partition coefficient (Wildman–Crippen LogP) is 7.66. The number of hydrogen-bond acceptors (Lipinski definition) is 6. The van der Waals surface area contributed by atoms with E-state index >= 15 is 0 Å². The van der Waals surface area contributed by atoms with E-state index in [2.05, 4.69) is 42.1 Å². The Hall–Kier alpha value is -2.44. The van der Waals surface area contributed by atoms with Gasteiger partial charge in [0.2, 0.25) is 0 Å². The van der Waals surface area contributed by atoms with Crippen molar-refractivity contribution in [2.75, 3.05) is 26.2 Å². The van der Waals surface area contributed by atoms with Gasteiger partial charge in [0.1, 0.15) is 16.5 Å². The van der Waals surface area contributed by atoms with Crippen molar-refractivity contribution in [3.05, 3.63) is 46.6 Å². The van der Waals surface area contributed by atoms with Crippen LogP contribution in [0.2, 0.25) is 5.02 Å². The van der Waals surface area contributed by atoms with Gasteiger partial charge in [-0.25, -0.2) is 4.98 Å². The number of thiazole rings is 1. The van der Waals surface area contributed by atoms with Gasteiger partial charge in [-0.2, -0.15) is 26.3 Å². The highest BCUT2D eigenvalue weighted by Crippen LogP contribution is 2.56. The van der Waals surface area contributed by atoms with Crippen LogP contribution in [0.15, 0.2) is 25.3 Å². The molecule has 5 nitrogen and oxygen atoms in total. The predicted molar refractivity (Wildman–Crippen MR) is 151 cm³/mol. The molecule has 0 spiro atoms. The number of hydrogen-bond donors (Lipinski definition) is 2. The molecule has 2 fully saturated rings. The van der Waals surface area contributed by atoms with E-state index in [0.717, 1.165) is 49.8 Å². The van der Waals surface area contributed by atoms with Crippen LogP contribution in [0.5, 0.6) is 5.75 Å². The summed E-state index contributed by atoms with van der Waals surface area (Å²) in [6.45, 7) is 15.5. The van der Waals surface area contributed by atoms with Crippen molar-refractivity contribution >= 4 is 34.3 Å². The zero-order valence-electron chi connectivity index (χ0n) is 23.0. The molecule has 2 aliphatic rings. The Balaban J connectivity index is 1.88. The highest BCUT2D eigenvalue weighted by Gasteiger charge is 2.69. The van der Waals surface area contributed by atoms with Crippen LogP contribution in [0.3, 0.4) is 0 Å². The Morgan fingerprint density at radius 2 is 1.71 bits per heavy atom. The zero-order valence-corrected chi connectivity index (χ0v) is 24.6. The molecule has 2 aromatic rings. The van der Waals surface area contributed by atoms with Gasteiger partial charge in [0, 0.05) is 49.4 Å². The van der Waals surface area contributed by atoms with E-state index in [-0.39, 0.29) is 24.6 Å². The van der Waals surface area contributed by atoms with E-state index < -0.39 is 34.1 Å². The summed E-state index contributed by atoms with van der Waals surface area (Å²) in [6.07, 6.45) is -8.76. The van der Waals surface area contributed by atoms with Crippen LogP contribution in [-0.4, -0.2) is 70.5 Å². The molecule has 2 unspecified atom stereocenters. The van der Waals surface area contributed by atoms with E-state index in [1.807, 2.05) is 0 Å². The van der Waals surface area contributed by atoms with Crippen molar-refractivity contribution in [3.8, 4) is 16.2 Å². The van der Waals surface area contributed by atoms with Crippen LogP contribution < -0.4 is 5.32 Å². The zero-order chi connectivity index (χ0) is 30.5. The van der Waals surface area contributed by atoms with Crippen LogP contribution in [-0.2, 0) is 5.41 Å². The molecule has 0 amide bonds. The maximum absolute atomic E-state index is 13.8. The van der Waals surface area contributed by atoms with E-state index in [1.165, 1.54) is 0 Å². The lowest BCUT2D eigenvalue weighted by molar-refractivity contribution is -0.297. The monoisotopic (exact) mass is 622 g/mol. The molecule has 0 saturated carbocycles. The largest absolute Gasteiger partial charge is 0.506 e. The minimum Gasteiger partial charge on any atom is -0.506 e. The molecule has 0 bridgehead atoms. The second-order valence-electron chi connectivity index (χ2n) is 10.7. The van der Waals surface area contributed by atoms with Gasteiger partial charge in [-0.05, 0) is 33.1 Å². The summed E-state index contributed by atoms with van der Waals surface area (Å²) in [7, 11) is 0. The Kier molecular flexibility index (Phi) is 8.70. The molecule has 13 heteroatoms. The molecule has 226 valence electrons. The number of piperazine rings is 1. The lowest BCUT2D eigenvalue weighted by Gasteiger charge is -2.35. The number of phenols is 1. The van der Waals surface area contributed by atoms with Gasteiger partial charge >= 0.3 is 12.4 Å². The van der Waals surface area contributed by atoms with Crippen molar-refractivity contribution in [1.82, 2.24) is 20.1 Å². The third-order valence-corrected chi connectivity index (χ3v) is 9.77. The molecule has 2 saturated heterocycles. The topological polar surface area (TPSA) is 51.6 Å². The fraction of sp³-hybridized carbons (Fsp3) is 0.536. The number of halogens is 7. The molecule has 1 aromatic heterocycles. The third kappa shape index (κ3) is 5.43. The Morgan fingerprint density at radius 1 is 1.10 bits per heavy atom. The fourth-order valence-corrected chi connectivity index (χ4v) is 7.02. The highest BCUT2D eigenvalue weighted by molar-refractivity contribution is 7.16. The molecule has 0 radical (unpaired) electrons. The number of phenolic OH excluding ortho intramolecular Hbond substituents is 1. The normalized spacial score (nSPS) is 20.5. The van der Waals surface area contributed by atoms with Crippen molar-refractivity contribution in [2.24, 2.45) is 0 Å². The molecular weight excluding hydrogens is 590 g/mol. The van der Waals surface area contributed by atoms with E-state index in [4.69, 9.17) is 16.6 Å². The highest BCUT2D eigenvalue weighted by atomic mass is 35.5. The lowest BCUT2D eigenvalue weighted by Crippen LogP contribution is -2.51. The number of benzene rings is 1. The molecular formula is C28H33ClF6N4OS. The first kappa shape index (κ1) is 31.5. The summed E-state index contributed by atoms with van der Waals surface area (Å²) < 4.78 is 82.9. The number of alkyl halides is 6.